The van der Waals surface area contributed by atoms with Crippen molar-refractivity contribution in [2.45, 2.75) is 0 Å². The Kier molecular flexibility index (Phi) is 7.92. The molecule has 0 aliphatic heterocycles. The van der Waals surface area contributed by atoms with Crippen molar-refractivity contribution in [1.82, 2.24) is 0 Å². The Hall–Kier alpha value is -1.72. The van der Waals surface area contributed by atoms with Crippen molar-refractivity contribution in [3.8, 4) is 11.5 Å². The number of rotatable bonds is 5. The van der Waals surface area contributed by atoms with Crippen LogP contribution in [0.25, 0.3) is 0 Å². The average Bonchev–Trinajstić information content (AvgIpc) is 2.48. The van der Waals surface area contributed by atoms with Gasteiger partial charge in [0.05, 0.1) is 11.2 Å². The van der Waals surface area contributed by atoms with Gasteiger partial charge in [-0.05, 0) is 30.3 Å². The van der Waals surface area contributed by atoms with Crippen LogP contribution in [0.4, 0.5) is 0 Å². The molecule has 0 aliphatic carbocycles. The van der Waals surface area contributed by atoms with E-state index in [9.17, 15) is 10.2 Å². The smallest absolute Gasteiger partial charge is 0.244 e. The van der Waals surface area contributed by atoms with Crippen LogP contribution < -0.4 is 4.74 Å². The minimum Gasteiger partial charge on any atom is -0.507 e. The Labute approximate surface area is 153 Å². The van der Waals surface area contributed by atoms with Gasteiger partial charge in [0.1, 0.15) is 11.5 Å². The van der Waals surface area contributed by atoms with Crippen LogP contribution in [0, 0.1) is 0 Å². The van der Waals surface area contributed by atoms with Crippen LogP contribution in [-0.2, 0) is 17.1 Å². The van der Waals surface area contributed by atoms with Gasteiger partial charge in [-0.15, -0.1) is 5.10 Å². The molecule has 2 aromatic carbocycles. The maximum Gasteiger partial charge on any atom is 0.244 e. The number of aliphatic hydroxyl groups is 1. The molecule has 0 aromatic heterocycles. The monoisotopic (exact) mass is 401 g/mol. The van der Waals surface area contributed by atoms with Gasteiger partial charge >= 0.3 is 0 Å². The standard InChI is InChI=1S/C15H12Cl2N2O3.Cu/c16-11-5-6-14(12(17)7-11)22-9-15(21)19-18-8-10-3-1-2-4-13(10)20;/h1-8,20H,9H2,(H,19,21);. The first kappa shape index (κ1) is 19.3. The van der Waals surface area contributed by atoms with E-state index in [0.29, 0.717) is 21.4 Å². The molecule has 0 saturated carbocycles. The molecular formula is C15H12Cl2CuN2O3. The number of aliphatic hydroxyl groups excluding tert-OH is 1. The van der Waals surface area contributed by atoms with Gasteiger partial charge < -0.3 is 14.9 Å². The molecule has 0 fully saturated rings. The predicted octanol–water partition coefficient (Wildman–Crippen LogP) is 4.07. The predicted molar refractivity (Wildman–Crippen MR) is 87.7 cm³/mol. The minimum absolute atomic E-state index is 0. The van der Waals surface area contributed by atoms with Gasteiger partial charge in [0.2, 0.25) is 5.90 Å². The Balaban J connectivity index is 0.00000264. The van der Waals surface area contributed by atoms with Gasteiger partial charge in [0, 0.05) is 27.7 Å². The largest absolute Gasteiger partial charge is 0.507 e. The van der Waals surface area contributed by atoms with E-state index in [1.54, 1.807) is 30.3 Å². The molecule has 23 heavy (non-hydrogen) atoms. The van der Waals surface area contributed by atoms with Crippen LogP contribution in [0.5, 0.6) is 11.5 Å². The number of halogens is 2. The molecule has 2 rings (SSSR count). The van der Waals surface area contributed by atoms with Crippen molar-refractivity contribution in [3.63, 3.8) is 0 Å². The number of benzene rings is 2. The van der Waals surface area contributed by atoms with Crippen LogP contribution >= 0.6 is 23.2 Å². The third-order valence-electron chi connectivity index (χ3n) is 2.56. The summed E-state index contributed by atoms with van der Waals surface area (Å²) in [5, 5.41) is 27.2. The molecule has 1 radical (unpaired) electrons. The molecule has 0 atom stereocenters. The second-order valence-corrected chi connectivity index (χ2v) is 5.03. The number of aromatic hydroxyl groups is 1. The van der Waals surface area contributed by atoms with E-state index >= 15 is 0 Å². The third-order valence-corrected chi connectivity index (χ3v) is 3.09. The van der Waals surface area contributed by atoms with E-state index in [1.165, 1.54) is 18.3 Å². The maximum atomic E-state index is 9.58. The summed E-state index contributed by atoms with van der Waals surface area (Å²) in [5.74, 6) is 0.111. The normalized spacial score (nSPS) is 11.3. The molecule has 5 nitrogen and oxygen atoms in total. The molecule has 2 aromatic rings. The van der Waals surface area contributed by atoms with E-state index in [-0.39, 0.29) is 35.3 Å². The van der Waals surface area contributed by atoms with Crippen molar-refractivity contribution < 1.29 is 32.0 Å². The fourth-order valence-electron chi connectivity index (χ4n) is 1.52. The van der Waals surface area contributed by atoms with E-state index in [2.05, 4.69) is 10.2 Å². The fraction of sp³-hybridized carbons (Fsp3) is 0.0667. The number of nitrogens with zero attached hydrogens (tertiary/aromatic N) is 2. The first-order valence-electron chi connectivity index (χ1n) is 6.21. The maximum absolute atomic E-state index is 9.58. The average molecular weight is 403 g/mol. The molecule has 0 heterocycles. The molecule has 2 N–H and O–H groups in total. The summed E-state index contributed by atoms with van der Waals surface area (Å²) in [7, 11) is 0. The zero-order valence-corrected chi connectivity index (χ0v) is 14.0. The second-order valence-electron chi connectivity index (χ2n) is 4.18. The zero-order valence-electron chi connectivity index (χ0n) is 11.6. The van der Waals surface area contributed by atoms with Crippen molar-refractivity contribution in [3.05, 3.63) is 58.1 Å². The number of hydrogen-bond donors (Lipinski definition) is 2. The molecule has 0 aliphatic rings. The van der Waals surface area contributed by atoms with Gasteiger partial charge in [-0.2, -0.15) is 5.10 Å². The summed E-state index contributed by atoms with van der Waals surface area (Å²) in [5.41, 5.74) is 0.487. The van der Waals surface area contributed by atoms with E-state index in [1.807, 2.05) is 0 Å². The van der Waals surface area contributed by atoms with Crippen molar-refractivity contribution >= 4 is 35.3 Å². The summed E-state index contributed by atoms with van der Waals surface area (Å²) < 4.78 is 5.29. The molecule has 0 unspecified atom stereocenters. The summed E-state index contributed by atoms with van der Waals surface area (Å²) >= 11 is 11.7. The summed E-state index contributed by atoms with van der Waals surface area (Å²) in [6.45, 7) is -0.195. The summed E-state index contributed by atoms with van der Waals surface area (Å²) in [4.78, 5) is 0. The SMILES string of the molecule is OC(COc1ccc(Cl)cc1Cl)=NN=Cc1ccccc1O.[Cu]. The van der Waals surface area contributed by atoms with Crippen LogP contribution in [0.3, 0.4) is 0 Å². The molecular weight excluding hydrogens is 391 g/mol. The summed E-state index contributed by atoms with van der Waals surface area (Å²) in [6, 6.07) is 11.4. The summed E-state index contributed by atoms with van der Waals surface area (Å²) in [6.07, 6.45) is 1.32. The fourth-order valence-corrected chi connectivity index (χ4v) is 1.98. The van der Waals surface area contributed by atoms with Gasteiger partial charge in [-0.25, -0.2) is 0 Å². The van der Waals surface area contributed by atoms with E-state index < -0.39 is 0 Å². The first-order chi connectivity index (χ1) is 10.6. The van der Waals surface area contributed by atoms with Gasteiger partial charge in [0.25, 0.3) is 0 Å². The van der Waals surface area contributed by atoms with Crippen LogP contribution in [0.15, 0.2) is 52.7 Å². The molecule has 0 saturated heterocycles. The Morgan fingerprint density at radius 3 is 2.61 bits per heavy atom. The van der Waals surface area contributed by atoms with Crippen LogP contribution in [0.1, 0.15) is 5.56 Å². The second kappa shape index (κ2) is 9.43. The van der Waals surface area contributed by atoms with Gasteiger partial charge in [-0.3, -0.25) is 0 Å². The van der Waals surface area contributed by atoms with E-state index in [0.717, 1.165) is 0 Å². The molecule has 0 amide bonds. The van der Waals surface area contributed by atoms with Crippen LogP contribution in [0.2, 0.25) is 10.0 Å². The number of hydrogen-bond acceptors (Lipinski definition) is 4. The van der Waals surface area contributed by atoms with Gasteiger partial charge in [0.15, 0.2) is 6.61 Å². The number of para-hydroxylation sites is 1. The topological polar surface area (TPSA) is 74.4 Å². The van der Waals surface area contributed by atoms with Gasteiger partial charge in [-0.1, -0.05) is 35.3 Å². The number of phenols is 1. The molecule has 8 heteroatoms. The van der Waals surface area contributed by atoms with Crippen molar-refractivity contribution in [1.29, 1.82) is 0 Å². The third kappa shape index (κ3) is 6.12. The first-order valence-corrected chi connectivity index (χ1v) is 6.96. The molecule has 0 bridgehead atoms. The molecule has 0 spiro atoms. The Morgan fingerprint density at radius 1 is 1.17 bits per heavy atom. The number of phenolic OH excluding ortho intramolecular Hbond substituents is 1. The molecule has 125 valence electrons. The van der Waals surface area contributed by atoms with Crippen molar-refractivity contribution in [2.75, 3.05) is 6.61 Å². The van der Waals surface area contributed by atoms with Crippen molar-refractivity contribution in [2.24, 2.45) is 10.2 Å². The Bertz CT molecular complexity index is 724. The zero-order chi connectivity index (χ0) is 15.9. The Morgan fingerprint density at radius 2 is 1.91 bits per heavy atom. The minimum atomic E-state index is -0.335. The number of ether oxygens (including phenoxy) is 1. The van der Waals surface area contributed by atoms with E-state index in [4.69, 9.17) is 27.9 Å². The van der Waals surface area contributed by atoms with Crippen LogP contribution in [-0.4, -0.2) is 28.9 Å². The quantitative estimate of drug-likeness (QED) is 0.343.